The zero-order chi connectivity index (χ0) is 13.8. The predicted molar refractivity (Wildman–Crippen MR) is 77.4 cm³/mol. The Labute approximate surface area is 114 Å². The van der Waals surface area contributed by atoms with Gasteiger partial charge in [-0.2, -0.15) is 0 Å². The lowest BCUT2D eigenvalue weighted by atomic mass is 10.1. The van der Waals surface area contributed by atoms with Gasteiger partial charge < -0.3 is 9.73 Å². The molecule has 102 valence electrons. The van der Waals surface area contributed by atoms with Crippen LogP contribution >= 0.6 is 0 Å². The van der Waals surface area contributed by atoms with E-state index in [2.05, 4.69) is 29.1 Å². The lowest BCUT2D eigenvalue weighted by molar-refractivity contribution is 0.544. The highest BCUT2D eigenvalue weighted by molar-refractivity contribution is 5.55. The van der Waals surface area contributed by atoms with E-state index >= 15 is 0 Å². The van der Waals surface area contributed by atoms with Crippen LogP contribution in [0.5, 0.6) is 0 Å². The molecule has 0 spiro atoms. The third-order valence-electron chi connectivity index (χ3n) is 3.07. The van der Waals surface area contributed by atoms with Gasteiger partial charge in [0, 0.05) is 17.8 Å². The van der Waals surface area contributed by atoms with Crippen LogP contribution in [0.15, 0.2) is 16.5 Å². The zero-order valence-corrected chi connectivity index (χ0v) is 12.1. The van der Waals surface area contributed by atoms with Crippen molar-refractivity contribution in [2.24, 2.45) is 0 Å². The molecule has 0 unspecified atom stereocenters. The monoisotopic (exact) mass is 259 g/mol. The molecule has 0 fully saturated rings. The minimum absolute atomic E-state index is 0.654. The summed E-state index contributed by atoms with van der Waals surface area (Å²) in [4.78, 5) is 9.16. The molecule has 2 rings (SSSR count). The van der Waals surface area contributed by atoms with Crippen LogP contribution in [0.1, 0.15) is 37.3 Å². The van der Waals surface area contributed by atoms with Gasteiger partial charge in [-0.3, -0.25) is 0 Å². The fraction of sp³-hybridized carbons (Fsp3) is 0.467. The smallest absolute Gasteiger partial charge is 0.197 e. The zero-order valence-electron chi connectivity index (χ0n) is 12.1. The minimum atomic E-state index is 0.654. The Kier molecular flexibility index (Phi) is 4.20. The van der Waals surface area contributed by atoms with Crippen LogP contribution in [-0.4, -0.2) is 16.5 Å². The molecule has 0 bridgehead atoms. The predicted octanol–water partition coefficient (Wildman–Crippen LogP) is 3.74. The average molecular weight is 259 g/mol. The Balaban J connectivity index is 2.43. The molecule has 0 radical (unpaired) electrons. The number of nitrogens with one attached hydrogen (secondary N) is 1. The van der Waals surface area contributed by atoms with E-state index in [4.69, 9.17) is 4.42 Å². The van der Waals surface area contributed by atoms with Crippen molar-refractivity contribution >= 4 is 5.82 Å². The van der Waals surface area contributed by atoms with E-state index in [0.29, 0.717) is 5.82 Å². The summed E-state index contributed by atoms with van der Waals surface area (Å²) < 4.78 is 5.60. The fourth-order valence-corrected chi connectivity index (χ4v) is 2.07. The van der Waals surface area contributed by atoms with Gasteiger partial charge in [-0.25, -0.2) is 9.97 Å². The maximum atomic E-state index is 5.60. The summed E-state index contributed by atoms with van der Waals surface area (Å²) >= 11 is 0. The van der Waals surface area contributed by atoms with Crippen molar-refractivity contribution in [3.8, 4) is 11.6 Å². The van der Waals surface area contributed by atoms with Crippen molar-refractivity contribution < 1.29 is 4.42 Å². The van der Waals surface area contributed by atoms with Crippen LogP contribution in [0.2, 0.25) is 0 Å². The molecule has 2 heterocycles. The third kappa shape index (κ3) is 2.95. The van der Waals surface area contributed by atoms with Crippen molar-refractivity contribution in [1.29, 1.82) is 0 Å². The molecule has 0 saturated heterocycles. The summed E-state index contributed by atoms with van der Waals surface area (Å²) in [6, 6.07) is 3.85. The first-order valence-electron chi connectivity index (χ1n) is 6.83. The van der Waals surface area contributed by atoms with E-state index in [1.54, 1.807) is 0 Å². The molecule has 0 saturated carbocycles. The number of nitrogens with zero attached hydrogens (tertiary/aromatic N) is 2. The lowest BCUT2D eigenvalue weighted by Crippen LogP contribution is -2.09. The lowest BCUT2D eigenvalue weighted by Gasteiger charge is -2.12. The normalized spacial score (nSPS) is 10.7. The Bertz CT molecular complexity index is 561. The van der Waals surface area contributed by atoms with Gasteiger partial charge in [-0.05, 0) is 38.8 Å². The number of furan rings is 1. The Hall–Kier alpha value is -1.84. The molecular weight excluding hydrogens is 238 g/mol. The standard InChI is InChI=1S/C15H21N3O/c1-5-9-16-14-12(6-2)11(4)17-15(18-14)13-8-7-10(3)19-13/h7-8H,5-6,9H2,1-4H3,(H,16,17,18). The Morgan fingerprint density at radius 3 is 2.53 bits per heavy atom. The van der Waals surface area contributed by atoms with Crippen LogP contribution in [0.3, 0.4) is 0 Å². The first-order valence-corrected chi connectivity index (χ1v) is 6.83. The molecule has 0 amide bonds. The Morgan fingerprint density at radius 1 is 1.16 bits per heavy atom. The van der Waals surface area contributed by atoms with E-state index in [1.165, 1.54) is 5.56 Å². The molecule has 4 heteroatoms. The molecule has 0 aliphatic carbocycles. The van der Waals surface area contributed by atoms with Crippen LogP contribution in [0, 0.1) is 13.8 Å². The number of anilines is 1. The molecule has 4 nitrogen and oxygen atoms in total. The van der Waals surface area contributed by atoms with E-state index in [1.807, 2.05) is 26.0 Å². The van der Waals surface area contributed by atoms with Crippen molar-refractivity contribution in [3.05, 3.63) is 29.2 Å². The molecular formula is C15H21N3O. The topological polar surface area (TPSA) is 51.0 Å². The van der Waals surface area contributed by atoms with Gasteiger partial charge in [-0.15, -0.1) is 0 Å². The average Bonchev–Trinajstić information content (AvgIpc) is 2.82. The molecule has 0 atom stereocenters. The number of rotatable bonds is 5. The molecule has 19 heavy (non-hydrogen) atoms. The molecule has 0 aliphatic heterocycles. The second-order valence-corrected chi connectivity index (χ2v) is 4.65. The van der Waals surface area contributed by atoms with Crippen molar-refractivity contribution in [2.75, 3.05) is 11.9 Å². The number of aromatic nitrogens is 2. The second-order valence-electron chi connectivity index (χ2n) is 4.65. The van der Waals surface area contributed by atoms with Crippen molar-refractivity contribution in [1.82, 2.24) is 9.97 Å². The van der Waals surface area contributed by atoms with Crippen LogP contribution < -0.4 is 5.32 Å². The van der Waals surface area contributed by atoms with Crippen molar-refractivity contribution in [2.45, 2.75) is 40.5 Å². The van der Waals surface area contributed by atoms with Gasteiger partial charge >= 0.3 is 0 Å². The summed E-state index contributed by atoms with van der Waals surface area (Å²) in [7, 11) is 0. The maximum absolute atomic E-state index is 5.60. The summed E-state index contributed by atoms with van der Waals surface area (Å²) in [5.41, 5.74) is 2.20. The summed E-state index contributed by atoms with van der Waals surface area (Å²) in [6.07, 6.45) is 2.00. The van der Waals surface area contributed by atoms with E-state index in [-0.39, 0.29) is 0 Å². The molecule has 1 N–H and O–H groups in total. The highest BCUT2D eigenvalue weighted by Gasteiger charge is 2.13. The van der Waals surface area contributed by atoms with Gasteiger partial charge in [0.15, 0.2) is 11.6 Å². The quantitative estimate of drug-likeness (QED) is 0.888. The highest BCUT2D eigenvalue weighted by atomic mass is 16.3. The van der Waals surface area contributed by atoms with E-state index < -0.39 is 0 Å². The van der Waals surface area contributed by atoms with Crippen LogP contribution in [0.25, 0.3) is 11.6 Å². The number of aryl methyl sites for hydroxylation is 2. The molecule has 0 aliphatic rings. The van der Waals surface area contributed by atoms with E-state index in [9.17, 15) is 0 Å². The summed E-state index contributed by atoms with van der Waals surface area (Å²) in [6.45, 7) is 9.13. The number of hydrogen-bond donors (Lipinski definition) is 1. The van der Waals surface area contributed by atoms with Crippen LogP contribution in [0.4, 0.5) is 5.82 Å². The second kappa shape index (κ2) is 5.87. The highest BCUT2D eigenvalue weighted by Crippen LogP contribution is 2.24. The van der Waals surface area contributed by atoms with Gasteiger partial charge in [0.25, 0.3) is 0 Å². The summed E-state index contributed by atoms with van der Waals surface area (Å²) in [5.74, 6) is 3.18. The van der Waals surface area contributed by atoms with Gasteiger partial charge in [0.2, 0.25) is 0 Å². The SMILES string of the molecule is CCCNc1nc(-c2ccc(C)o2)nc(C)c1CC. The minimum Gasteiger partial charge on any atom is -0.458 e. The molecule has 2 aromatic heterocycles. The first kappa shape index (κ1) is 13.6. The van der Waals surface area contributed by atoms with Gasteiger partial charge in [-0.1, -0.05) is 13.8 Å². The van der Waals surface area contributed by atoms with Crippen molar-refractivity contribution in [3.63, 3.8) is 0 Å². The molecule has 0 aromatic carbocycles. The third-order valence-corrected chi connectivity index (χ3v) is 3.07. The van der Waals surface area contributed by atoms with E-state index in [0.717, 1.165) is 42.4 Å². The Morgan fingerprint density at radius 2 is 1.95 bits per heavy atom. The first-order chi connectivity index (χ1) is 9.15. The summed E-state index contributed by atoms with van der Waals surface area (Å²) in [5, 5.41) is 3.38. The van der Waals surface area contributed by atoms with Gasteiger partial charge in [0.05, 0.1) is 0 Å². The number of hydrogen-bond acceptors (Lipinski definition) is 4. The molecule has 2 aromatic rings. The maximum Gasteiger partial charge on any atom is 0.197 e. The van der Waals surface area contributed by atoms with Crippen LogP contribution in [-0.2, 0) is 6.42 Å². The fourth-order valence-electron chi connectivity index (χ4n) is 2.07. The van der Waals surface area contributed by atoms with Gasteiger partial charge in [0.1, 0.15) is 11.6 Å². The largest absolute Gasteiger partial charge is 0.458 e.